The average molecular weight is 374 g/mol. The fraction of sp³-hybridized carbons (Fsp3) is 0.550. The molecule has 6 atom stereocenters. The minimum Gasteiger partial charge on any atom is -0.458 e. The van der Waals surface area contributed by atoms with Crippen molar-refractivity contribution >= 4 is 17.9 Å². The number of esters is 3. The molecule has 4 rings (SSSR count). The third-order valence-corrected chi connectivity index (χ3v) is 5.51. The normalized spacial score (nSPS) is 39.4. The second-order valence-electron chi connectivity index (χ2n) is 8.01. The summed E-state index contributed by atoms with van der Waals surface area (Å²) in [6.45, 7) is 9.31. The van der Waals surface area contributed by atoms with Gasteiger partial charge in [-0.3, -0.25) is 0 Å². The van der Waals surface area contributed by atoms with E-state index in [1.807, 2.05) is 6.92 Å². The summed E-state index contributed by atoms with van der Waals surface area (Å²) in [4.78, 5) is 36.7. The lowest BCUT2D eigenvalue weighted by atomic mass is 9.82. The molecule has 0 aromatic carbocycles. The van der Waals surface area contributed by atoms with Crippen LogP contribution in [0.5, 0.6) is 0 Å². The third kappa shape index (κ3) is 3.10. The van der Waals surface area contributed by atoms with Crippen molar-refractivity contribution in [2.24, 2.45) is 5.92 Å². The zero-order chi connectivity index (χ0) is 19.5. The van der Waals surface area contributed by atoms with E-state index in [4.69, 9.17) is 18.9 Å². The van der Waals surface area contributed by atoms with Gasteiger partial charge in [0.2, 0.25) is 0 Å². The lowest BCUT2D eigenvalue weighted by molar-refractivity contribution is -0.149. The highest BCUT2D eigenvalue weighted by atomic mass is 16.7. The molecule has 0 saturated carbocycles. The zero-order valence-electron chi connectivity index (χ0n) is 15.5. The molecule has 0 radical (unpaired) electrons. The maximum absolute atomic E-state index is 12.3. The molecular weight excluding hydrogens is 352 g/mol. The quantitative estimate of drug-likeness (QED) is 0.315. The van der Waals surface area contributed by atoms with E-state index >= 15 is 0 Å². The zero-order valence-corrected chi connectivity index (χ0v) is 15.5. The lowest BCUT2D eigenvalue weighted by Crippen LogP contribution is -2.38. The molecule has 2 fully saturated rings. The van der Waals surface area contributed by atoms with Crippen LogP contribution in [0.4, 0.5) is 0 Å². The predicted molar refractivity (Wildman–Crippen MR) is 92.3 cm³/mol. The Kier molecular flexibility index (Phi) is 4.03. The molecule has 0 spiro atoms. The molecule has 0 N–H and O–H groups in total. The topological polar surface area (TPSA) is 91.4 Å². The number of hydrogen-bond acceptors (Lipinski definition) is 7. The first-order valence-corrected chi connectivity index (χ1v) is 9.03. The summed E-state index contributed by atoms with van der Waals surface area (Å²) in [6.07, 6.45) is 1.62. The minimum absolute atomic E-state index is 0.137. The Morgan fingerprint density at radius 2 is 2.04 bits per heavy atom. The van der Waals surface area contributed by atoms with Gasteiger partial charge >= 0.3 is 17.9 Å². The van der Waals surface area contributed by atoms with Crippen molar-refractivity contribution in [3.05, 3.63) is 35.5 Å². The van der Waals surface area contributed by atoms with Crippen LogP contribution in [-0.4, -0.2) is 47.9 Å². The summed E-state index contributed by atoms with van der Waals surface area (Å²) in [5.41, 5.74) is 0.878. The van der Waals surface area contributed by atoms with Gasteiger partial charge in [0.05, 0.1) is 11.5 Å². The van der Waals surface area contributed by atoms with Crippen LogP contribution >= 0.6 is 0 Å². The van der Waals surface area contributed by atoms with Gasteiger partial charge in [0.1, 0.15) is 24.4 Å². The van der Waals surface area contributed by atoms with Gasteiger partial charge in [-0.25, -0.2) is 14.4 Å². The predicted octanol–water partition coefficient (Wildman–Crippen LogP) is 1.77. The molecule has 0 amide bonds. The van der Waals surface area contributed by atoms with Gasteiger partial charge in [-0.15, -0.1) is 0 Å². The van der Waals surface area contributed by atoms with Gasteiger partial charge in [0, 0.05) is 30.1 Å². The molecule has 27 heavy (non-hydrogen) atoms. The van der Waals surface area contributed by atoms with Crippen LogP contribution in [0.3, 0.4) is 0 Å². The van der Waals surface area contributed by atoms with Crippen molar-refractivity contribution in [3.8, 4) is 0 Å². The van der Waals surface area contributed by atoms with Gasteiger partial charge in [-0.2, -0.15) is 0 Å². The molecule has 0 unspecified atom stereocenters. The van der Waals surface area contributed by atoms with E-state index in [-0.39, 0.29) is 18.1 Å². The first-order chi connectivity index (χ1) is 12.7. The van der Waals surface area contributed by atoms with Gasteiger partial charge < -0.3 is 18.9 Å². The third-order valence-electron chi connectivity index (χ3n) is 5.51. The number of allylic oxidation sites excluding steroid dienone is 1. The summed E-state index contributed by atoms with van der Waals surface area (Å²) >= 11 is 0. The van der Waals surface area contributed by atoms with Crippen LogP contribution < -0.4 is 0 Å². The van der Waals surface area contributed by atoms with E-state index in [1.54, 1.807) is 19.9 Å². The Bertz CT molecular complexity index is 803. The first-order valence-electron chi connectivity index (χ1n) is 9.03. The SMILES string of the molecule is C=C1C(=O)O[C@H]2[C@H]1[C@@H](OC(=O)C=C(C)C)CC1=C[C@@H](C[C@]3(C)O[C@@H]23)OC1=O. The smallest absolute Gasteiger partial charge is 0.334 e. The van der Waals surface area contributed by atoms with Crippen molar-refractivity contribution in [2.45, 2.75) is 63.6 Å². The van der Waals surface area contributed by atoms with Gasteiger partial charge in [0.15, 0.2) is 0 Å². The van der Waals surface area contributed by atoms with Crippen molar-refractivity contribution in [1.82, 2.24) is 0 Å². The standard InChI is InChI=1S/C20H22O7/c1-9(2)5-14(21)25-13-7-11-6-12(24-19(11)23)8-20(4)17(27-20)16-15(13)10(3)18(22)26-16/h5-6,12-13,15-17H,3,7-8H2,1-2,4H3/t12-,13-,15+,16-,17-,20-/m0/s1. The van der Waals surface area contributed by atoms with E-state index in [2.05, 4.69) is 6.58 Å². The number of ether oxygens (including phenoxy) is 4. The summed E-state index contributed by atoms with van der Waals surface area (Å²) in [5.74, 6) is -2.07. The van der Waals surface area contributed by atoms with Crippen LogP contribution in [-0.2, 0) is 33.3 Å². The monoisotopic (exact) mass is 374 g/mol. The van der Waals surface area contributed by atoms with Gasteiger partial charge in [-0.1, -0.05) is 12.2 Å². The number of carbonyl (C=O) groups excluding carboxylic acids is 3. The molecule has 3 aliphatic heterocycles. The number of carbonyl (C=O) groups is 3. The van der Waals surface area contributed by atoms with Gasteiger partial charge in [-0.05, 0) is 26.8 Å². The molecule has 0 aromatic rings. The van der Waals surface area contributed by atoms with Crippen LogP contribution in [0.2, 0.25) is 0 Å². The largest absolute Gasteiger partial charge is 0.458 e. The Labute approximate surface area is 157 Å². The Morgan fingerprint density at radius 3 is 2.74 bits per heavy atom. The molecule has 7 nitrogen and oxygen atoms in total. The van der Waals surface area contributed by atoms with Crippen molar-refractivity contribution < 1.29 is 33.3 Å². The molecule has 3 heterocycles. The molecular formula is C20H22O7. The van der Waals surface area contributed by atoms with Crippen molar-refractivity contribution in [2.75, 3.05) is 0 Å². The average Bonchev–Trinajstić information content (AvgIpc) is 2.95. The molecule has 144 valence electrons. The highest BCUT2D eigenvalue weighted by Gasteiger charge is 2.65. The van der Waals surface area contributed by atoms with E-state index in [0.29, 0.717) is 12.0 Å². The van der Waals surface area contributed by atoms with Crippen molar-refractivity contribution in [3.63, 3.8) is 0 Å². The number of rotatable bonds is 2. The van der Waals surface area contributed by atoms with Crippen molar-refractivity contribution in [1.29, 1.82) is 0 Å². The molecule has 2 bridgehead atoms. The number of hydrogen-bond donors (Lipinski definition) is 0. The van der Waals surface area contributed by atoms with E-state index in [0.717, 1.165) is 5.57 Å². The molecule has 1 aliphatic carbocycles. The van der Waals surface area contributed by atoms with E-state index in [9.17, 15) is 14.4 Å². The minimum atomic E-state index is -0.777. The Hall–Kier alpha value is -2.41. The summed E-state index contributed by atoms with van der Waals surface area (Å²) in [7, 11) is 0. The highest BCUT2D eigenvalue weighted by molar-refractivity contribution is 5.93. The molecule has 4 aliphatic rings. The van der Waals surface area contributed by atoms with Crippen LogP contribution in [0.15, 0.2) is 35.5 Å². The maximum Gasteiger partial charge on any atom is 0.334 e. The van der Waals surface area contributed by atoms with E-state index in [1.165, 1.54) is 6.08 Å². The second kappa shape index (κ2) is 6.05. The summed E-state index contributed by atoms with van der Waals surface area (Å²) in [6, 6.07) is 0. The first kappa shape index (κ1) is 18.0. The Morgan fingerprint density at radius 1 is 1.30 bits per heavy atom. The lowest BCUT2D eigenvalue weighted by Gasteiger charge is -2.26. The summed E-state index contributed by atoms with van der Waals surface area (Å²) < 4.78 is 22.4. The number of fused-ring (bicyclic) bond motifs is 4. The molecule has 0 aromatic heterocycles. The van der Waals surface area contributed by atoms with Crippen LogP contribution in [0.1, 0.15) is 33.6 Å². The highest BCUT2D eigenvalue weighted by Crippen LogP contribution is 2.51. The fourth-order valence-electron chi connectivity index (χ4n) is 4.20. The van der Waals surface area contributed by atoms with E-state index < -0.39 is 47.7 Å². The molecule has 7 heteroatoms. The van der Waals surface area contributed by atoms with Crippen LogP contribution in [0, 0.1) is 5.92 Å². The Balaban J connectivity index is 1.71. The second-order valence-corrected chi connectivity index (χ2v) is 8.01. The van der Waals surface area contributed by atoms with Gasteiger partial charge in [0.25, 0.3) is 0 Å². The number of epoxide rings is 1. The fourth-order valence-corrected chi connectivity index (χ4v) is 4.20. The van der Waals surface area contributed by atoms with Crippen LogP contribution in [0.25, 0.3) is 0 Å². The maximum atomic E-state index is 12.3. The summed E-state index contributed by atoms with van der Waals surface area (Å²) in [5, 5.41) is 0. The molecule has 2 saturated heterocycles.